The number of fused-ring (bicyclic) bond motifs is 1. The average molecular weight is 247 g/mol. The van der Waals surface area contributed by atoms with Crippen molar-refractivity contribution in [3.63, 3.8) is 0 Å². The fourth-order valence-corrected chi connectivity index (χ4v) is 2.99. The second-order valence-corrected chi connectivity index (χ2v) is 5.29. The van der Waals surface area contributed by atoms with Gasteiger partial charge in [-0.25, -0.2) is 0 Å². The van der Waals surface area contributed by atoms with Gasteiger partial charge < -0.3 is 4.74 Å². The Labute approximate surface area is 107 Å². The van der Waals surface area contributed by atoms with Crippen LogP contribution in [0, 0.1) is 6.92 Å². The summed E-state index contributed by atoms with van der Waals surface area (Å²) >= 11 is 1.82. The Morgan fingerprint density at radius 1 is 1.35 bits per heavy atom. The number of hydrogen-bond donors (Lipinski definition) is 0. The summed E-state index contributed by atoms with van der Waals surface area (Å²) < 4.78 is 7.08. The molecule has 0 saturated heterocycles. The van der Waals surface area contributed by atoms with Crippen LogP contribution in [0.5, 0.6) is 0 Å². The molecule has 1 aromatic heterocycles. The molecule has 91 valence electrons. The van der Waals surface area contributed by atoms with Crippen LogP contribution >= 0.6 is 11.3 Å². The van der Waals surface area contributed by atoms with E-state index in [1.54, 1.807) is 0 Å². The summed E-state index contributed by atoms with van der Waals surface area (Å²) in [5.74, 6) is 0.460. The predicted molar refractivity (Wildman–Crippen MR) is 75.7 cm³/mol. The number of ether oxygens (including phenoxy) is 1. The third-order valence-electron chi connectivity index (χ3n) is 2.95. The van der Waals surface area contributed by atoms with Crippen molar-refractivity contribution in [2.45, 2.75) is 25.7 Å². The van der Waals surface area contributed by atoms with Crippen molar-refractivity contribution in [1.29, 1.82) is 0 Å². The molecule has 0 aliphatic heterocycles. The predicted octanol–water partition coefficient (Wildman–Crippen LogP) is 4.64. The number of unbranched alkanes of at least 4 members (excludes halogenated alkanes) is 1. The molecular weight excluding hydrogens is 228 g/mol. The van der Waals surface area contributed by atoms with E-state index >= 15 is 0 Å². The van der Waals surface area contributed by atoms with Gasteiger partial charge in [0, 0.05) is 17.2 Å². The van der Waals surface area contributed by atoms with Gasteiger partial charge in [-0.2, -0.15) is 0 Å². The van der Waals surface area contributed by atoms with Crippen molar-refractivity contribution in [2.75, 3.05) is 13.2 Å². The van der Waals surface area contributed by atoms with E-state index in [1.807, 2.05) is 11.3 Å². The van der Waals surface area contributed by atoms with Crippen molar-refractivity contribution < 1.29 is 4.74 Å². The van der Waals surface area contributed by atoms with Gasteiger partial charge in [0.25, 0.3) is 0 Å². The molecule has 0 amide bonds. The van der Waals surface area contributed by atoms with Crippen molar-refractivity contribution in [3.05, 3.63) is 42.1 Å². The highest BCUT2D eigenvalue weighted by molar-refractivity contribution is 7.17. The van der Waals surface area contributed by atoms with E-state index in [9.17, 15) is 0 Å². The van der Waals surface area contributed by atoms with Gasteiger partial charge in [0.15, 0.2) is 0 Å². The third-order valence-corrected chi connectivity index (χ3v) is 3.93. The van der Waals surface area contributed by atoms with Crippen molar-refractivity contribution in [1.82, 2.24) is 0 Å². The van der Waals surface area contributed by atoms with Crippen molar-refractivity contribution >= 4 is 21.4 Å². The molecule has 1 radical (unpaired) electrons. The number of thiophene rings is 1. The van der Waals surface area contributed by atoms with Crippen LogP contribution in [0.1, 0.15) is 31.2 Å². The van der Waals surface area contributed by atoms with Gasteiger partial charge in [-0.3, -0.25) is 0 Å². The highest BCUT2D eigenvalue weighted by Gasteiger charge is 2.10. The van der Waals surface area contributed by atoms with Gasteiger partial charge in [-0.05, 0) is 28.8 Å². The molecule has 1 nitrogen and oxygen atoms in total. The van der Waals surface area contributed by atoms with Gasteiger partial charge in [-0.1, -0.05) is 38.5 Å². The molecule has 2 heteroatoms. The molecule has 2 rings (SSSR count). The SMILES string of the molecule is [CH2]CCCOCC(C)c1cccc2ccsc12. The molecule has 17 heavy (non-hydrogen) atoms. The summed E-state index contributed by atoms with van der Waals surface area (Å²) in [5.41, 5.74) is 1.41. The van der Waals surface area contributed by atoms with Crippen molar-refractivity contribution in [3.8, 4) is 0 Å². The van der Waals surface area contributed by atoms with Gasteiger partial charge >= 0.3 is 0 Å². The van der Waals surface area contributed by atoms with Crippen LogP contribution in [0.15, 0.2) is 29.6 Å². The Hall–Kier alpha value is -0.860. The van der Waals surface area contributed by atoms with E-state index in [0.29, 0.717) is 5.92 Å². The van der Waals surface area contributed by atoms with E-state index in [-0.39, 0.29) is 0 Å². The lowest BCUT2D eigenvalue weighted by Gasteiger charge is -2.13. The average Bonchev–Trinajstić information content (AvgIpc) is 2.82. The molecule has 1 atom stereocenters. The largest absolute Gasteiger partial charge is 0.381 e. The topological polar surface area (TPSA) is 9.23 Å². The third kappa shape index (κ3) is 3.08. The molecule has 1 aromatic carbocycles. The summed E-state index contributed by atoms with van der Waals surface area (Å²) in [6.07, 6.45) is 2.00. The number of rotatable bonds is 6. The molecule has 0 saturated carbocycles. The summed E-state index contributed by atoms with van der Waals surface area (Å²) in [6.45, 7) is 7.68. The molecule has 0 aliphatic rings. The van der Waals surface area contributed by atoms with Crippen molar-refractivity contribution in [2.24, 2.45) is 0 Å². The van der Waals surface area contributed by atoms with Gasteiger partial charge in [0.2, 0.25) is 0 Å². The lowest BCUT2D eigenvalue weighted by Crippen LogP contribution is -2.05. The maximum Gasteiger partial charge on any atom is 0.0532 e. The molecule has 0 spiro atoms. The van der Waals surface area contributed by atoms with E-state index in [4.69, 9.17) is 4.74 Å². The van der Waals surface area contributed by atoms with E-state index < -0.39 is 0 Å². The summed E-state index contributed by atoms with van der Waals surface area (Å²) in [7, 11) is 0. The van der Waals surface area contributed by atoms with Crippen LogP contribution in [0.2, 0.25) is 0 Å². The minimum Gasteiger partial charge on any atom is -0.381 e. The van der Waals surface area contributed by atoms with Crippen LogP contribution in [-0.4, -0.2) is 13.2 Å². The smallest absolute Gasteiger partial charge is 0.0532 e. The maximum atomic E-state index is 5.68. The van der Waals surface area contributed by atoms with Gasteiger partial charge in [0.1, 0.15) is 0 Å². The standard InChI is InChI=1S/C15H19OS/c1-3-4-9-16-11-12(2)14-7-5-6-13-8-10-17-15(13)14/h5-8,10,12H,1,3-4,9,11H2,2H3. The molecule has 1 heterocycles. The minimum atomic E-state index is 0.460. The van der Waals surface area contributed by atoms with E-state index in [0.717, 1.165) is 26.1 Å². The van der Waals surface area contributed by atoms with Gasteiger partial charge in [-0.15, -0.1) is 11.3 Å². The number of hydrogen-bond acceptors (Lipinski definition) is 2. The minimum absolute atomic E-state index is 0.460. The quantitative estimate of drug-likeness (QED) is 0.676. The first kappa shape index (κ1) is 12.6. The zero-order valence-corrected chi connectivity index (χ0v) is 11.1. The first-order valence-corrected chi connectivity index (χ1v) is 7.04. The van der Waals surface area contributed by atoms with Crippen LogP contribution < -0.4 is 0 Å². The molecule has 2 aromatic rings. The highest BCUT2D eigenvalue weighted by atomic mass is 32.1. The lowest BCUT2D eigenvalue weighted by atomic mass is 10.0. The lowest BCUT2D eigenvalue weighted by molar-refractivity contribution is 0.122. The first-order valence-electron chi connectivity index (χ1n) is 6.16. The number of benzene rings is 1. The van der Waals surface area contributed by atoms with Gasteiger partial charge in [0.05, 0.1) is 6.61 Å². The second-order valence-electron chi connectivity index (χ2n) is 4.37. The normalized spacial score (nSPS) is 13.1. The first-order chi connectivity index (χ1) is 8.33. The summed E-state index contributed by atoms with van der Waals surface area (Å²) in [6, 6.07) is 8.70. The molecule has 0 bridgehead atoms. The molecular formula is C15H19OS. The Morgan fingerprint density at radius 3 is 3.06 bits per heavy atom. The molecule has 0 N–H and O–H groups in total. The van der Waals surface area contributed by atoms with Crippen LogP contribution in [0.25, 0.3) is 10.1 Å². The monoisotopic (exact) mass is 247 g/mol. The van der Waals surface area contributed by atoms with Crippen LogP contribution in [-0.2, 0) is 4.74 Å². The Bertz CT molecular complexity index is 461. The fraction of sp³-hybridized carbons (Fsp3) is 0.400. The molecule has 1 unspecified atom stereocenters. The zero-order chi connectivity index (χ0) is 12.1. The Morgan fingerprint density at radius 2 is 2.24 bits per heavy atom. The summed E-state index contributed by atoms with van der Waals surface area (Å²) in [4.78, 5) is 0. The second kappa shape index (κ2) is 6.18. The van der Waals surface area contributed by atoms with E-state index in [1.165, 1.54) is 15.6 Å². The Balaban J connectivity index is 2.03. The summed E-state index contributed by atoms with van der Waals surface area (Å²) in [5, 5.41) is 3.50. The van der Waals surface area contributed by atoms with Crippen LogP contribution in [0.4, 0.5) is 0 Å². The maximum absolute atomic E-state index is 5.68. The highest BCUT2D eigenvalue weighted by Crippen LogP contribution is 2.29. The van der Waals surface area contributed by atoms with E-state index in [2.05, 4.69) is 43.5 Å². The Kier molecular flexibility index (Phi) is 4.57. The fourth-order valence-electron chi connectivity index (χ4n) is 1.96. The molecule has 0 aliphatic carbocycles. The zero-order valence-electron chi connectivity index (χ0n) is 10.3. The van der Waals surface area contributed by atoms with Crippen LogP contribution in [0.3, 0.4) is 0 Å². The molecule has 0 fully saturated rings.